The van der Waals surface area contributed by atoms with Gasteiger partial charge in [0.25, 0.3) is 0 Å². The van der Waals surface area contributed by atoms with Crippen LogP contribution in [0.15, 0.2) is 22.9 Å². The third-order valence-corrected chi connectivity index (χ3v) is 4.83. The summed E-state index contributed by atoms with van der Waals surface area (Å²) in [7, 11) is 0. The highest BCUT2D eigenvalue weighted by atomic mass is 32.1. The Morgan fingerprint density at radius 1 is 0.923 bits per heavy atom. The Balaban J connectivity index is 2.28. The van der Waals surface area contributed by atoms with Gasteiger partial charge in [-0.15, -0.1) is 22.7 Å². The second-order valence-corrected chi connectivity index (χ2v) is 9.41. The summed E-state index contributed by atoms with van der Waals surface area (Å²) < 4.78 is 10.6. The fourth-order valence-electron chi connectivity index (χ4n) is 1.98. The summed E-state index contributed by atoms with van der Waals surface area (Å²) in [4.78, 5) is 26.2. The quantitative estimate of drug-likeness (QED) is 0.650. The second-order valence-electron chi connectivity index (χ2n) is 7.58. The lowest BCUT2D eigenvalue weighted by molar-refractivity contribution is 0.0621. The summed E-state index contributed by atoms with van der Waals surface area (Å²) >= 11 is 2.97. The average Bonchev–Trinajstić information content (AvgIpc) is 3.05. The van der Waals surface area contributed by atoms with Crippen LogP contribution in [-0.2, 0) is 9.47 Å². The van der Waals surface area contributed by atoms with E-state index < -0.39 is 23.4 Å². The zero-order chi connectivity index (χ0) is 19.5. The van der Waals surface area contributed by atoms with Crippen LogP contribution in [0.25, 0.3) is 9.75 Å². The van der Waals surface area contributed by atoms with E-state index >= 15 is 0 Å². The van der Waals surface area contributed by atoms with Crippen molar-refractivity contribution in [3.8, 4) is 9.75 Å². The highest BCUT2D eigenvalue weighted by molar-refractivity contribution is 7.21. The number of carbonyl (C=O) groups excluding carboxylic acids is 2. The minimum Gasteiger partial charge on any atom is -0.444 e. The predicted octanol–water partition coefficient (Wildman–Crippen LogP) is 6.17. The lowest BCUT2D eigenvalue weighted by Gasteiger charge is -2.21. The molecule has 0 bridgehead atoms. The van der Waals surface area contributed by atoms with Crippen LogP contribution in [0.2, 0.25) is 0 Å². The Morgan fingerprint density at radius 2 is 1.50 bits per heavy atom. The molecule has 0 saturated heterocycles. The van der Waals surface area contributed by atoms with E-state index in [0.29, 0.717) is 11.4 Å². The molecule has 0 unspecified atom stereocenters. The molecule has 0 fully saturated rings. The van der Waals surface area contributed by atoms with Crippen LogP contribution in [-0.4, -0.2) is 23.4 Å². The first-order valence-corrected chi connectivity index (χ1v) is 9.86. The average molecular weight is 397 g/mol. The topological polar surface area (TPSA) is 76.7 Å². The number of carbonyl (C=O) groups is 2. The molecule has 0 spiro atoms. The monoisotopic (exact) mass is 396 g/mol. The molecule has 26 heavy (non-hydrogen) atoms. The number of thiophene rings is 2. The maximum Gasteiger partial charge on any atom is 0.412 e. The fourth-order valence-corrected chi connectivity index (χ4v) is 3.82. The van der Waals surface area contributed by atoms with Crippen molar-refractivity contribution in [2.75, 3.05) is 10.6 Å². The van der Waals surface area contributed by atoms with Gasteiger partial charge in [-0.1, -0.05) is 6.07 Å². The Bertz CT molecular complexity index is 768. The van der Waals surface area contributed by atoms with E-state index in [2.05, 4.69) is 10.6 Å². The summed E-state index contributed by atoms with van der Waals surface area (Å²) in [5.74, 6) is 0. The van der Waals surface area contributed by atoms with Crippen LogP contribution in [0.3, 0.4) is 0 Å². The summed E-state index contributed by atoms with van der Waals surface area (Å²) in [6.45, 7) is 10.7. The van der Waals surface area contributed by atoms with Crippen LogP contribution in [0.5, 0.6) is 0 Å². The smallest absolute Gasteiger partial charge is 0.412 e. The SMILES string of the molecule is CC(C)(C)OC(=O)Nc1csc(-c2cccs2)c1NC(=O)OC(C)(C)C. The van der Waals surface area contributed by atoms with E-state index in [1.807, 2.05) is 17.5 Å². The van der Waals surface area contributed by atoms with E-state index in [4.69, 9.17) is 9.47 Å². The zero-order valence-electron chi connectivity index (χ0n) is 15.8. The van der Waals surface area contributed by atoms with Gasteiger partial charge in [-0.2, -0.15) is 0 Å². The number of hydrogen-bond donors (Lipinski definition) is 2. The molecule has 2 rings (SSSR count). The maximum atomic E-state index is 12.2. The van der Waals surface area contributed by atoms with Crippen LogP contribution in [0, 0.1) is 0 Å². The molecule has 142 valence electrons. The number of hydrogen-bond acceptors (Lipinski definition) is 6. The molecule has 2 heterocycles. The highest BCUT2D eigenvalue weighted by Crippen LogP contribution is 2.42. The highest BCUT2D eigenvalue weighted by Gasteiger charge is 2.23. The minimum atomic E-state index is -0.623. The van der Waals surface area contributed by atoms with Gasteiger partial charge in [0.2, 0.25) is 0 Å². The molecule has 2 aromatic heterocycles. The van der Waals surface area contributed by atoms with Gasteiger partial charge in [0.1, 0.15) is 11.2 Å². The van der Waals surface area contributed by atoms with E-state index in [9.17, 15) is 9.59 Å². The van der Waals surface area contributed by atoms with E-state index in [0.717, 1.165) is 9.75 Å². The summed E-state index contributed by atoms with van der Waals surface area (Å²) in [5, 5.41) is 9.18. The molecule has 0 aliphatic rings. The first kappa shape index (κ1) is 20.3. The third-order valence-electron chi connectivity index (χ3n) is 2.80. The summed E-state index contributed by atoms with van der Waals surface area (Å²) in [6, 6.07) is 3.88. The molecule has 8 heteroatoms. The summed E-state index contributed by atoms with van der Waals surface area (Å²) in [6.07, 6.45) is -1.17. The number of nitrogens with one attached hydrogen (secondary N) is 2. The molecule has 2 aromatic rings. The molecule has 2 N–H and O–H groups in total. The largest absolute Gasteiger partial charge is 0.444 e. The van der Waals surface area contributed by atoms with Gasteiger partial charge < -0.3 is 9.47 Å². The van der Waals surface area contributed by atoms with Gasteiger partial charge in [-0.25, -0.2) is 9.59 Å². The molecule has 2 amide bonds. The molecule has 0 aliphatic carbocycles. The molecule has 0 radical (unpaired) electrons. The Kier molecular flexibility index (Phi) is 5.98. The van der Waals surface area contributed by atoms with E-state index in [1.54, 1.807) is 58.3 Å². The van der Waals surface area contributed by atoms with Gasteiger partial charge >= 0.3 is 12.2 Å². The normalized spacial score (nSPS) is 11.8. The Hall–Kier alpha value is -2.06. The number of amides is 2. The molecular weight excluding hydrogens is 372 g/mol. The molecular formula is C18H24N2O4S2. The van der Waals surface area contributed by atoms with Crippen LogP contribution in [0.1, 0.15) is 41.5 Å². The molecule has 0 aromatic carbocycles. The van der Waals surface area contributed by atoms with Gasteiger partial charge in [-0.3, -0.25) is 10.6 Å². The van der Waals surface area contributed by atoms with Crippen molar-refractivity contribution in [2.24, 2.45) is 0 Å². The van der Waals surface area contributed by atoms with E-state index in [-0.39, 0.29) is 0 Å². The lowest BCUT2D eigenvalue weighted by atomic mass is 10.2. The molecule has 6 nitrogen and oxygen atoms in total. The van der Waals surface area contributed by atoms with Gasteiger partial charge in [0.15, 0.2) is 0 Å². The van der Waals surface area contributed by atoms with E-state index in [1.165, 1.54) is 11.3 Å². The maximum absolute atomic E-state index is 12.2. The van der Waals surface area contributed by atoms with Crippen molar-refractivity contribution in [1.82, 2.24) is 0 Å². The van der Waals surface area contributed by atoms with Gasteiger partial charge in [0, 0.05) is 10.3 Å². The fraction of sp³-hybridized carbons (Fsp3) is 0.444. The molecule has 0 saturated carbocycles. The number of rotatable bonds is 3. The minimum absolute atomic E-state index is 0.471. The first-order valence-electron chi connectivity index (χ1n) is 8.10. The third kappa shape index (κ3) is 6.03. The van der Waals surface area contributed by atoms with Crippen LogP contribution < -0.4 is 10.6 Å². The van der Waals surface area contributed by atoms with Crippen LogP contribution in [0.4, 0.5) is 21.0 Å². The Labute approximate surface area is 161 Å². The van der Waals surface area contributed by atoms with Crippen molar-refractivity contribution in [3.63, 3.8) is 0 Å². The van der Waals surface area contributed by atoms with Gasteiger partial charge in [0.05, 0.1) is 16.3 Å². The van der Waals surface area contributed by atoms with Crippen molar-refractivity contribution >= 4 is 46.2 Å². The molecule has 0 atom stereocenters. The number of anilines is 2. The number of ether oxygens (including phenoxy) is 2. The van der Waals surface area contributed by atoms with Crippen molar-refractivity contribution in [2.45, 2.75) is 52.7 Å². The van der Waals surface area contributed by atoms with Crippen LogP contribution >= 0.6 is 22.7 Å². The first-order chi connectivity index (χ1) is 11.9. The standard InChI is InChI=1S/C18H24N2O4S2/c1-17(2,3)23-15(21)19-11-10-26-14(12-8-7-9-25-12)13(11)20-16(22)24-18(4,5)6/h7-10H,1-6H3,(H,19,21)(H,20,22). The Morgan fingerprint density at radius 3 is 2.00 bits per heavy atom. The lowest BCUT2D eigenvalue weighted by Crippen LogP contribution is -2.29. The van der Waals surface area contributed by atoms with Gasteiger partial charge in [-0.05, 0) is 53.0 Å². The zero-order valence-corrected chi connectivity index (χ0v) is 17.4. The summed E-state index contributed by atoms with van der Waals surface area (Å²) in [5.41, 5.74) is -0.270. The second kappa shape index (κ2) is 7.67. The van der Waals surface area contributed by atoms with Crippen molar-refractivity contribution in [1.29, 1.82) is 0 Å². The van der Waals surface area contributed by atoms with Crippen molar-refractivity contribution in [3.05, 3.63) is 22.9 Å². The molecule has 0 aliphatic heterocycles. The predicted molar refractivity (Wildman–Crippen MR) is 107 cm³/mol. The van der Waals surface area contributed by atoms with Crippen molar-refractivity contribution < 1.29 is 19.1 Å².